The number of hydrogen-bond acceptors (Lipinski definition) is 4. The molecule has 0 unspecified atom stereocenters. The van der Waals surface area contributed by atoms with E-state index in [2.05, 4.69) is 34.1 Å². The smallest absolute Gasteiger partial charge is 0.410 e. The van der Waals surface area contributed by atoms with Crippen molar-refractivity contribution in [2.75, 3.05) is 26.2 Å². The fourth-order valence-electron chi connectivity index (χ4n) is 4.62. The maximum absolute atomic E-state index is 12.7. The van der Waals surface area contributed by atoms with Crippen molar-refractivity contribution in [3.63, 3.8) is 0 Å². The summed E-state index contributed by atoms with van der Waals surface area (Å²) in [5.41, 5.74) is 4.85. The number of nitrogens with zero attached hydrogens (tertiary/aromatic N) is 3. The maximum atomic E-state index is 12.7. The van der Waals surface area contributed by atoms with E-state index in [1.54, 1.807) is 9.47 Å². The molecule has 0 spiro atoms. The number of benzene rings is 3. The molecule has 36 heavy (non-hydrogen) atoms. The van der Waals surface area contributed by atoms with Crippen LogP contribution in [0.15, 0.2) is 95.8 Å². The molecule has 1 aromatic heterocycles. The van der Waals surface area contributed by atoms with Crippen LogP contribution >= 0.6 is 0 Å². The molecule has 2 heterocycles. The average molecular weight is 483 g/mol. The number of H-pyrrole nitrogens is 1. The zero-order valence-corrected chi connectivity index (χ0v) is 20.2. The Labute approximate surface area is 210 Å². The van der Waals surface area contributed by atoms with Gasteiger partial charge in [-0.2, -0.15) is 0 Å². The monoisotopic (exact) mass is 482 g/mol. The highest BCUT2D eigenvalue weighted by atomic mass is 16.6. The molecule has 1 aliphatic rings. The first-order valence-corrected chi connectivity index (χ1v) is 12.3. The number of aromatic nitrogens is 2. The van der Waals surface area contributed by atoms with Crippen LogP contribution in [-0.2, 0) is 17.8 Å². The Kier molecular flexibility index (Phi) is 7.28. The molecule has 1 aliphatic heterocycles. The third kappa shape index (κ3) is 5.58. The number of amides is 1. The average Bonchev–Trinajstić information content (AvgIpc) is 3.25. The Morgan fingerprint density at radius 2 is 1.53 bits per heavy atom. The van der Waals surface area contributed by atoms with Crippen LogP contribution in [0.4, 0.5) is 4.79 Å². The quantitative estimate of drug-likeness (QED) is 0.395. The standard InChI is InChI=1S/C29H30N4O3/c34-28-30-26-13-7-8-14-27(26)33(28)25-15-17-32(18-16-25)29(35)36-20-19-31(21-23-9-3-1-4-10-23)22-24-11-5-2-6-12-24/h1-15H,16-22H2,(H,30,34). The minimum Gasteiger partial charge on any atom is -0.448 e. The Morgan fingerprint density at radius 3 is 2.17 bits per heavy atom. The normalized spacial score (nSPS) is 13.7. The van der Waals surface area contributed by atoms with E-state index >= 15 is 0 Å². The molecule has 7 nitrogen and oxygen atoms in total. The van der Waals surface area contributed by atoms with Crippen LogP contribution in [0, 0.1) is 0 Å². The van der Waals surface area contributed by atoms with Gasteiger partial charge in [-0.3, -0.25) is 9.47 Å². The minimum atomic E-state index is -0.323. The van der Waals surface area contributed by atoms with E-state index in [1.807, 2.05) is 66.7 Å². The molecule has 5 rings (SSSR count). The molecule has 4 aromatic rings. The number of nitrogens with one attached hydrogen (secondary N) is 1. The summed E-state index contributed by atoms with van der Waals surface area (Å²) in [7, 11) is 0. The SMILES string of the molecule is O=C(OCCN(Cc1ccccc1)Cc1ccccc1)N1CC=C(n2c(=O)[nH]c3ccccc32)CC1. The number of para-hydroxylation sites is 2. The van der Waals surface area contributed by atoms with Gasteiger partial charge in [0.15, 0.2) is 0 Å². The van der Waals surface area contributed by atoms with Crippen LogP contribution in [0.1, 0.15) is 17.5 Å². The summed E-state index contributed by atoms with van der Waals surface area (Å²) in [5, 5.41) is 0. The molecule has 0 fully saturated rings. The van der Waals surface area contributed by atoms with Crippen LogP contribution in [0.25, 0.3) is 16.7 Å². The van der Waals surface area contributed by atoms with Gasteiger partial charge in [0.2, 0.25) is 0 Å². The molecule has 1 amide bonds. The van der Waals surface area contributed by atoms with Gasteiger partial charge in [-0.1, -0.05) is 72.8 Å². The molecule has 0 radical (unpaired) electrons. The third-order valence-corrected chi connectivity index (χ3v) is 6.45. The van der Waals surface area contributed by atoms with Crippen molar-refractivity contribution in [2.24, 2.45) is 0 Å². The van der Waals surface area contributed by atoms with Crippen LogP contribution in [0.2, 0.25) is 0 Å². The summed E-state index contributed by atoms with van der Waals surface area (Å²) in [4.78, 5) is 32.1. The van der Waals surface area contributed by atoms with Crippen LogP contribution in [0.5, 0.6) is 0 Å². The van der Waals surface area contributed by atoms with Gasteiger partial charge in [0.25, 0.3) is 0 Å². The van der Waals surface area contributed by atoms with Crippen molar-refractivity contribution in [3.05, 3.63) is 113 Å². The van der Waals surface area contributed by atoms with E-state index in [0.717, 1.165) is 29.8 Å². The Bertz CT molecular complexity index is 1350. The molecular formula is C29H30N4O3. The molecule has 184 valence electrons. The fourth-order valence-corrected chi connectivity index (χ4v) is 4.62. The number of carbonyl (C=O) groups excluding carboxylic acids is 1. The first kappa shape index (κ1) is 23.6. The lowest BCUT2D eigenvalue weighted by molar-refractivity contribution is 0.0907. The summed E-state index contributed by atoms with van der Waals surface area (Å²) in [5.74, 6) is 0. The summed E-state index contributed by atoms with van der Waals surface area (Å²) >= 11 is 0. The molecule has 0 saturated carbocycles. The first-order chi connectivity index (χ1) is 17.7. The van der Waals surface area contributed by atoms with Crippen molar-refractivity contribution >= 4 is 22.8 Å². The lowest BCUT2D eigenvalue weighted by Gasteiger charge is -2.27. The largest absolute Gasteiger partial charge is 0.448 e. The van der Waals surface area contributed by atoms with Crippen molar-refractivity contribution in [1.29, 1.82) is 0 Å². The lowest BCUT2D eigenvalue weighted by Crippen LogP contribution is -2.37. The van der Waals surface area contributed by atoms with E-state index in [9.17, 15) is 9.59 Å². The summed E-state index contributed by atoms with van der Waals surface area (Å²) in [6.45, 7) is 3.43. The third-order valence-electron chi connectivity index (χ3n) is 6.45. The van der Waals surface area contributed by atoms with Gasteiger partial charge in [-0.25, -0.2) is 9.59 Å². The molecule has 0 aliphatic carbocycles. The minimum absolute atomic E-state index is 0.157. The van der Waals surface area contributed by atoms with Crippen LogP contribution < -0.4 is 5.69 Å². The maximum Gasteiger partial charge on any atom is 0.410 e. The van der Waals surface area contributed by atoms with Crippen molar-refractivity contribution in [2.45, 2.75) is 19.5 Å². The van der Waals surface area contributed by atoms with Crippen LogP contribution in [0.3, 0.4) is 0 Å². The highest BCUT2D eigenvalue weighted by Crippen LogP contribution is 2.20. The number of imidazole rings is 1. The Morgan fingerprint density at radius 1 is 0.889 bits per heavy atom. The summed E-state index contributed by atoms with van der Waals surface area (Å²) in [6.07, 6.45) is 2.20. The second-order valence-electron chi connectivity index (χ2n) is 8.97. The zero-order chi connectivity index (χ0) is 24.7. The fraction of sp³-hybridized carbons (Fsp3) is 0.241. The number of aromatic amines is 1. The molecule has 1 N–H and O–H groups in total. The van der Waals surface area contributed by atoms with Gasteiger partial charge >= 0.3 is 11.8 Å². The highest BCUT2D eigenvalue weighted by molar-refractivity contribution is 5.79. The lowest BCUT2D eigenvalue weighted by atomic mass is 10.1. The van der Waals surface area contributed by atoms with Gasteiger partial charge in [0.05, 0.1) is 11.0 Å². The number of hydrogen-bond donors (Lipinski definition) is 1. The van der Waals surface area contributed by atoms with Gasteiger partial charge in [0, 0.05) is 44.8 Å². The number of rotatable bonds is 8. The van der Waals surface area contributed by atoms with E-state index < -0.39 is 0 Å². The Balaban J connectivity index is 1.18. The summed E-state index contributed by atoms with van der Waals surface area (Å²) in [6, 6.07) is 28.3. The topological polar surface area (TPSA) is 70.6 Å². The predicted molar refractivity (Wildman–Crippen MR) is 141 cm³/mol. The van der Waals surface area contributed by atoms with E-state index in [1.165, 1.54) is 11.1 Å². The van der Waals surface area contributed by atoms with Gasteiger partial charge in [0.1, 0.15) is 6.61 Å². The molecule has 0 atom stereocenters. The highest BCUT2D eigenvalue weighted by Gasteiger charge is 2.21. The number of fused-ring (bicyclic) bond motifs is 1. The molecule has 0 saturated heterocycles. The van der Waals surface area contributed by atoms with Gasteiger partial charge in [-0.05, 0) is 29.3 Å². The van der Waals surface area contributed by atoms with Crippen molar-refractivity contribution in [3.8, 4) is 0 Å². The predicted octanol–water partition coefficient (Wildman–Crippen LogP) is 4.72. The van der Waals surface area contributed by atoms with E-state index in [4.69, 9.17) is 4.74 Å². The van der Waals surface area contributed by atoms with Gasteiger partial charge < -0.3 is 14.6 Å². The second-order valence-corrected chi connectivity index (χ2v) is 8.97. The number of ether oxygens (including phenoxy) is 1. The van der Waals surface area contributed by atoms with E-state index in [-0.39, 0.29) is 11.8 Å². The van der Waals surface area contributed by atoms with Crippen molar-refractivity contribution in [1.82, 2.24) is 19.4 Å². The van der Waals surface area contributed by atoms with Crippen LogP contribution in [-0.4, -0.2) is 51.7 Å². The molecule has 7 heteroatoms. The van der Waals surface area contributed by atoms with Gasteiger partial charge in [-0.15, -0.1) is 0 Å². The van der Waals surface area contributed by atoms with E-state index in [0.29, 0.717) is 32.7 Å². The second kappa shape index (κ2) is 11.1. The first-order valence-electron chi connectivity index (χ1n) is 12.3. The van der Waals surface area contributed by atoms with Crippen molar-refractivity contribution < 1.29 is 9.53 Å². The zero-order valence-electron chi connectivity index (χ0n) is 20.2. The summed E-state index contributed by atoms with van der Waals surface area (Å²) < 4.78 is 7.35. The molecule has 0 bridgehead atoms. The molecular weight excluding hydrogens is 452 g/mol. The number of carbonyl (C=O) groups is 1. The molecule has 3 aromatic carbocycles. The Hall–Kier alpha value is -4.10.